The van der Waals surface area contributed by atoms with Crippen molar-refractivity contribution >= 4 is 39.1 Å². The standard InChI is InChI=1S/C17H15ClN2O3S/c1-10(2)23-15(21)8-20-9-19-13-7-14(24-16(13)17(20)22)11-3-5-12(18)6-4-11/h3-7,9-10H,8H2,1-2H3. The first-order valence-corrected chi connectivity index (χ1v) is 8.58. The van der Waals surface area contributed by atoms with E-state index in [1.165, 1.54) is 22.2 Å². The van der Waals surface area contributed by atoms with Gasteiger partial charge in [-0.2, -0.15) is 0 Å². The van der Waals surface area contributed by atoms with Gasteiger partial charge >= 0.3 is 5.97 Å². The molecule has 0 spiro atoms. The highest BCUT2D eigenvalue weighted by atomic mass is 35.5. The van der Waals surface area contributed by atoms with Gasteiger partial charge in [0.25, 0.3) is 5.56 Å². The number of ether oxygens (including phenoxy) is 1. The van der Waals surface area contributed by atoms with Crippen molar-refractivity contribution in [1.82, 2.24) is 9.55 Å². The number of aromatic nitrogens is 2. The molecule has 0 N–H and O–H groups in total. The Labute approximate surface area is 147 Å². The van der Waals surface area contributed by atoms with Crippen LogP contribution in [-0.4, -0.2) is 21.6 Å². The first-order chi connectivity index (χ1) is 11.4. The molecule has 0 atom stereocenters. The fraction of sp³-hybridized carbons (Fsp3) is 0.235. The highest BCUT2D eigenvalue weighted by molar-refractivity contribution is 7.22. The van der Waals surface area contributed by atoms with Gasteiger partial charge in [-0.1, -0.05) is 23.7 Å². The number of rotatable bonds is 4. The molecular weight excluding hydrogens is 348 g/mol. The Kier molecular flexibility index (Phi) is 4.69. The molecule has 0 saturated heterocycles. The predicted octanol–water partition coefficient (Wildman–Crippen LogP) is 3.73. The summed E-state index contributed by atoms with van der Waals surface area (Å²) in [5.41, 5.74) is 1.34. The Bertz CT molecular complexity index is 945. The molecular formula is C17H15ClN2O3S. The minimum absolute atomic E-state index is 0.145. The molecule has 0 aliphatic heterocycles. The van der Waals surface area contributed by atoms with Crippen LogP contribution in [0.25, 0.3) is 20.7 Å². The summed E-state index contributed by atoms with van der Waals surface area (Å²) in [4.78, 5) is 29.5. The van der Waals surface area contributed by atoms with Crippen LogP contribution in [0.1, 0.15) is 13.8 Å². The second kappa shape index (κ2) is 6.75. The molecule has 124 valence electrons. The Balaban J connectivity index is 1.96. The van der Waals surface area contributed by atoms with Crippen LogP contribution in [0.3, 0.4) is 0 Å². The third-order valence-corrected chi connectivity index (χ3v) is 4.71. The van der Waals surface area contributed by atoms with Crippen LogP contribution in [0.2, 0.25) is 5.02 Å². The van der Waals surface area contributed by atoms with Gasteiger partial charge in [0.1, 0.15) is 11.2 Å². The molecule has 0 aliphatic rings. The van der Waals surface area contributed by atoms with Crippen molar-refractivity contribution in [2.45, 2.75) is 26.5 Å². The van der Waals surface area contributed by atoms with E-state index in [2.05, 4.69) is 4.98 Å². The van der Waals surface area contributed by atoms with Gasteiger partial charge in [-0.3, -0.25) is 14.2 Å². The summed E-state index contributed by atoms with van der Waals surface area (Å²) < 4.78 is 6.86. The molecule has 24 heavy (non-hydrogen) atoms. The molecule has 0 radical (unpaired) electrons. The summed E-state index contributed by atoms with van der Waals surface area (Å²) in [5, 5.41) is 0.656. The van der Waals surface area contributed by atoms with Gasteiger partial charge in [0, 0.05) is 9.90 Å². The number of nitrogens with zero attached hydrogens (tertiary/aromatic N) is 2. The number of esters is 1. The number of hydrogen-bond acceptors (Lipinski definition) is 5. The molecule has 2 aromatic heterocycles. The van der Waals surface area contributed by atoms with Crippen LogP contribution in [0.15, 0.2) is 41.5 Å². The summed E-state index contributed by atoms with van der Waals surface area (Å²) in [6.07, 6.45) is 1.16. The molecule has 3 rings (SSSR count). The number of hydrogen-bond donors (Lipinski definition) is 0. The zero-order chi connectivity index (χ0) is 17.3. The van der Waals surface area contributed by atoms with Crippen molar-refractivity contribution in [3.63, 3.8) is 0 Å². The Morgan fingerprint density at radius 3 is 2.71 bits per heavy atom. The number of thiophene rings is 1. The lowest BCUT2D eigenvalue weighted by atomic mass is 10.2. The number of benzene rings is 1. The van der Waals surface area contributed by atoms with E-state index in [1.807, 2.05) is 18.2 Å². The summed E-state index contributed by atoms with van der Waals surface area (Å²) in [6.45, 7) is 3.38. The van der Waals surface area contributed by atoms with E-state index in [4.69, 9.17) is 16.3 Å². The lowest BCUT2D eigenvalue weighted by molar-refractivity contribution is -0.148. The van der Waals surface area contributed by atoms with E-state index >= 15 is 0 Å². The molecule has 0 aliphatic carbocycles. The van der Waals surface area contributed by atoms with E-state index < -0.39 is 5.97 Å². The van der Waals surface area contributed by atoms with Gasteiger partial charge in [-0.25, -0.2) is 4.98 Å². The average molecular weight is 363 g/mol. The van der Waals surface area contributed by atoms with Gasteiger partial charge in [-0.05, 0) is 37.6 Å². The molecule has 7 heteroatoms. The van der Waals surface area contributed by atoms with Gasteiger partial charge in [0.15, 0.2) is 0 Å². The van der Waals surface area contributed by atoms with Crippen molar-refractivity contribution in [3.8, 4) is 10.4 Å². The van der Waals surface area contributed by atoms with Crippen molar-refractivity contribution in [1.29, 1.82) is 0 Å². The van der Waals surface area contributed by atoms with Crippen molar-refractivity contribution in [2.75, 3.05) is 0 Å². The SMILES string of the molecule is CC(C)OC(=O)Cn1cnc2cc(-c3ccc(Cl)cc3)sc2c1=O. The molecule has 1 aromatic carbocycles. The zero-order valence-electron chi connectivity index (χ0n) is 13.2. The van der Waals surface area contributed by atoms with E-state index in [1.54, 1.807) is 26.0 Å². The smallest absolute Gasteiger partial charge is 0.326 e. The maximum Gasteiger partial charge on any atom is 0.326 e. The topological polar surface area (TPSA) is 61.2 Å². The lowest BCUT2D eigenvalue weighted by Gasteiger charge is -2.08. The van der Waals surface area contributed by atoms with Crippen LogP contribution in [0, 0.1) is 0 Å². The number of carbonyl (C=O) groups is 1. The highest BCUT2D eigenvalue weighted by Gasteiger charge is 2.13. The first kappa shape index (κ1) is 16.7. The highest BCUT2D eigenvalue weighted by Crippen LogP contribution is 2.31. The van der Waals surface area contributed by atoms with Crippen molar-refractivity contribution < 1.29 is 9.53 Å². The summed E-state index contributed by atoms with van der Waals surface area (Å²) in [7, 11) is 0. The Morgan fingerprint density at radius 2 is 2.04 bits per heavy atom. The fourth-order valence-corrected chi connectivity index (χ4v) is 3.44. The third-order valence-electron chi connectivity index (χ3n) is 3.30. The maximum atomic E-state index is 12.6. The van der Waals surface area contributed by atoms with E-state index in [0.717, 1.165) is 10.4 Å². The third kappa shape index (κ3) is 3.49. The van der Waals surface area contributed by atoms with Gasteiger partial charge < -0.3 is 4.74 Å². The van der Waals surface area contributed by atoms with E-state index in [0.29, 0.717) is 15.2 Å². The summed E-state index contributed by atoms with van der Waals surface area (Å²) in [6, 6.07) is 9.25. The van der Waals surface area contributed by atoms with Crippen LogP contribution in [-0.2, 0) is 16.1 Å². The number of fused-ring (bicyclic) bond motifs is 1. The molecule has 0 unspecified atom stereocenters. The Morgan fingerprint density at radius 1 is 1.33 bits per heavy atom. The first-order valence-electron chi connectivity index (χ1n) is 7.38. The summed E-state index contributed by atoms with van der Waals surface area (Å²) >= 11 is 7.25. The van der Waals surface area contributed by atoms with Crippen LogP contribution in [0.4, 0.5) is 0 Å². The molecule has 2 heterocycles. The van der Waals surface area contributed by atoms with Gasteiger partial charge in [-0.15, -0.1) is 11.3 Å². The Hall–Kier alpha value is -2.18. The normalized spacial score (nSPS) is 11.2. The minimum Gasteiger partial charge on any atom is -0.462 e. The molecule has 0 fully saturated rings. The minimum atomic E-state index is -0.456. The van der Waals surface area contributed by atoms with Crippen LogP contribution < -0.4 is 5.56 Å². The van der Waals surface area contributed by atoms with Crippen molar-refractivity contribution in [2.24, 2.45) is 0 Å². The lowest BCUT2D eigenvalue weighted by Crippen LogP contribution is -2.26. The second-order valence-electron chi connectivity index (χ2n) is 5.55. The van der Waals surface area contributed by atoms with Gasteiger partial charge in [0.2, 0.25) is 0 Å². The summed E-state index contributed by atoms with van der Waals surface area (Å²) in [5.74, 6) is -0.456. The monoisotopic (exact) mass is 362 g/mol. The maximum absolute atomic E-state index is 12.6. The molecule has 0 bridgehead atoms. The molecule has 0 saturated carbocycles. The van der Waals surface area contributed by atoms with Crippen LogP contribution >= 0.6 is 22.9 Å². The quantitative estimate of drug-likeness (QED) is 0.663. The number of halogens is 1. The average Bonchev–Trinajstić information content (AvgIpc) is 2.95. The van der Waals surface area contributed by atoms with E-state index in [-0.39, 0.29) is 18.2 Å². The molecule has 5 nitrogen and oxygen atoms in total. The predicted molar refractivity (Wildman–Crippen MR) is 95.6 cm³/mol. The molecule has 3 aromatic rings. The van der Waals surface area contributed by atoms with Crippen molar-refractivity contribution in [3.05, 3.63) is 52.0 Å². The zero-order valence-corrected chi connectivity index (χ0v) is 14.7. The second-order valence-corrected chi connectivity index (χ2v) is 7.04. The molecule has 0 amide bonds. The van der Waals surface area contributed by atoms with E-state index in [9.17, 15) is 9.59 Å². The fourth-order valence-electron chi connectivity index (χ4n) is 2.25. The number of carbonyl (C=O) groups excluding carboxylic acids is 1. The van der Waals surface area contributed by atoms with Crippen LogP contribution in [0.5, 0.6) is 0 Å². The van der Waals surface area contributed by atoms with Gasteiger partial charge in [0.05, 0.1) is 17.9 Å². The largest absolute Gasteiger partial charge is 0.462 e.